The first-order chi connectivity index (χ1) is 10.2. The summed E-state index contributed by atoms with van der Waals surface area (Å²) in [6.07, 6.45) is -3.35. The van der Waals surface area contributed by atoms with Gasteiger partial charge in [0.25, 0.3) is 0 Å². The Balaban J connectivity index is 2.65. The summed E-state index contributed by atoms with van der Waals surface area (Å²) < 4.78 is 40.4. The first-order valence-electron chi connectivity index (χ1n) is 6.25. The zero-order valence-electron chi connectivity index (χ0n) is 12.2. The van der Waals surface area contributed by atoms with Crippen molar-refractivity contribution in [2.45, 2.75) is 12.7 Å². The quantitative estimate of drug-likeness (QED) is 0.865. The van der Waals surface area contributed by atoms with E-state index in [-0.39, 0.29) is 17.0 Å². The molecule has 0 radical (unpaired) electrons. The molecule has 0 atom stereocenters. The molecule has 0 bridgehead atoms. The van der Waals surface area contributed by atoms with E-state index < -0.39 is 11.9 Å². The van der Waals surface area contributed by atoms with Gasteiger partial charge in [-0.1, -0.05) is 0 Å². The van der Waals surface area contributed by atoms with E-state index in [1.165, 1.54) is 19.3 Å². The average Bonchev–Trinajstić information content (AvgIpc) is 2.80. The molecule has 0 aromatic carbocycles. The van der Waals surface area contributed by atoms with Crippen LogP contribution >= 0.6 is 0 Å². The Labute approximate surface area is 124 Å². The molecule has 2 heterocycles. The standard InChI is InChI=1S/C13H13F3N6/c1-21(2)6-8-4-9(5-17)18-19-11(8)10-7-22(3)20-12(10)13(14,15)16/h4,7H,6H2,1-3H3. The maximum Gasteiger partial charge on any atom is 0.435 e. The molecule has 9 heteroatoms. The largest absolute Gasteiger partial charge is 0.435 e. The summed E-state index contributed by atoms with van der Waals surface area (Å²) in [7, 11) is 4.94. The molecule has 0 aliphatic carbocycles. The van der Waals surface area contributed by atoms with E-state index in [0.29, 0.717) is 12.1 Å². The molecule has 0 saturated carbocycles. The van der Waals surface area contributed by atoms with E-state index in [2.05, 4.69) is 15.3 Å². The zero-order valence-corrected chi connectivity index (χ0v) is 12.2. The first-order valence-corrected chi connectivity index (χ1v) is 6.25. The van der Waals surface area contributed by atoms with Crippen LogP contribution in [-0.2, 0) is 19.8 Å². The predicted octanol–water partition coefficient (Wildman–Crippen LogP) is 1.83. The molecule has 2 aromatic heterocycles. The number of rotatable bonds is 3. The highest BCUT2D eigenvalue weighted by molar-refractivity contribution is 5.65. The summed E-state index contributed by atoms with van der Waals surface area (Å²) in [5.74, 6) is 0. The van der Waals surface area contributed by atoms with Crippen LogP contribution in [0, 0.1) is 11.3 Å². The predicted molar refractivity (Wildman–Crippen MR) is 71.3 cm³/mol. The van der Waals surface area contributed by atoms with Crippen molar-refractivity contribution in [2.24, 2.45) is 7.05 Å². The number of alkyl halides is 3. The normalized spacial score (nSPS) is 11.7. The molecular formula is C13H13F3N6. The molecule has 0 saturated heterocycles. The minimum absolute atomic E-state index is 0.0537. The van der Waals surface area contributed by atoms with Gasteiger partial charge in [-0.2, -0.15) is 23.5 Å². The summed E-state index contributed by atoms with van der Waals surface area (Å²) in [6, 6.07) is 3.27. The van der Waals surface area contributed by atoms with Crippen molar-refractivity contribution >= 4 is 0 Å². The zero-order chi connectivity index (χ0) is 16.5. The van der Waals surface area contributed by atoms with E-state index in [1.807, 2.05) is 6.07 Å². The molecule has 116 valence electrons. The van der Waals surface area contributed by atoms with Crippen LogP contribution in [0.3, 0.4) is 0 Å². The van der Waals surface area contributed by atoms with Gasteiger partial charge in [-0.25, -0.2) is 0 Å². The van der Waals surface area contributed by atoms with Crippen LogP contribution in [-0.4, -0.2) is 39.0 Å². The molecule has 0 spiro atoms. The molecule has 0 N–H and O–H groups in total. The maximum absolute atomic E-state index is 13.1. The van der Waals surface area contributed by atoms with Crippen molar-refractivity contribution in [2.75, 3.05) is 14.1 Å². The third-order valence-electron chi connectivity index (χ3n) is 2.83. The van der Waals surface area contributed by atoms with Gasteiger partial charge in [0.05, 0.1) is 5.56 Å². The molecule has 0 aliphatic rings. The number of aromatic nitrogens is 4. The van der Waals surface area contributed by atoms with E-state index >= 15 is 0 Å². The molecule has 6 nitrogen and oxygen atoms in total. The summed E-state index contributed by atoms with van der Waals surface area (Å²) in [5.41, 5.74) is -0.556. The summed E-state index contributed by atoms with van der Waals surface area (Å²) in [6.45, 7) is 0.325. The Morgan fingerprint density at radius 2 is 2.00 bits per heavy atom. The third-order valence-corrected chi connectivity index (χ3v) is 2.83. The molecule has 0 aliphatic heterocycles. The van der Waals surface area contributed by atoms with Gasteiger partial charge in [0, 0.05) is 19.8 Å². The Kier molecular flexibility index (Phi) is 4.14. The number of halogens is 3. The second kappa shape index (κ2) is 5.73. The second-order valence-corrected chi connectivity index (χ2v) is 5.02. The molecule has 0 unspecified atom stereocenters. The van der Waals surface area contributed by atoms with Crippen molar-refractivity contribution < 1.29 is 13.2 Å². The van der Waals surface area contributed by atoms with Gasteiger partial charge in [0.2, 0.25) is 0 Å². The van der Waals surface area contributed by atoms with Crippen LogP contribution in [0.1, 0.15) is 17.0 Å². The van der Waals surface area contributed by atoms with Crippen molar-refractivity contribution in [1.29, 1.82) is 5.26 Å². The second-order valence-electron chi connectivity index (χ2n) is 5.02. The number of nitriles is 1. The number of hydrogen-bond donors (Lipinski definition) is 0. The molecule has 22 heavy (non-hydrogen) atoms. The first kappa shape index (κ1) is 15.9. The fraction of sp³-hybridized carbons (Fsp3) is 0.385. The van der Waals surface area contributed by atoms with Gasteiger partial charge < -0.3 is 4.90 Å². The van der Waals surface area contributed by atoms with Crippen LogP contribution in [0.25, 0.3) is 11.3 Å². The lowest BCUT2D eigenvalue weighted by Crippen LogP contribution is -2.14. The highest BCUT2D eigenvalue weighted by Crippen LogP contribution is 2.36. The van der Waals surface area contributed by atoms with Gasteiger partial charge in [-0.3, -0.25) is 4.68 Å². The van der Waals surface area contributed by atoms with Crippen LogP contribution in [0.2, 0.25) is 0 Å². The van der Waals surface area contributed by atoms with Crippen LogP contribution < -0.4 is 0 Å². The fourth-order valence-corrected chi connectivity index (χ4v) is 2.04. The monoisotopic (exact) mass is 310 g/mol. The Bertz CT molecular complexity index is 726. The highest BCUT2D eigenvalue weighted by atomic mass is 19.4. The Morgan fingerprint density at radius 3 is 2.55 bits per heavy atom. The van der Waals surface area contributed by atoms with Crippen LogP contribution in [0.4, 0.5) is 13.2 Å². The SMILES string of the molecule is CN(C)Cc1cc(C#N)nnc1-c1cn(C)nc1C(F)(F)F. The topological polar surface area (TPSA) is 70.6 Å². The van der Waals surface area contributed by atoms with E-state index in [1.54, 1.807) is 19.0 Å². The number of aryl methyl sites for hydroxylation is 1. The Hall–Kier alpha value is -2.47. The molecule has 2 aromatic rings. The molecule has 0 fully saturated rings. The van der Waals surface area contributed by atoms with Gasteiger partial charge >= 0.3 is 6.18 Å². The third kappa shape index (κ3) is 3.23. The molecular weight excluding hydrogens is 297 g/mol. The number of nitrogens with zero attached hydrogens (tertiary/aromatic N) is 6. The van der Waals surface area contributed by atoms with Crippen molar-refractivity contribution in [1.82, 2.24) is 24.9 Å². The lowest BCUT2D eigenvalue weighted by molar-refractivity contribution is -0.141. The number of hydrogen-bond acceptors (Lipinski definition) is 5. The van der Waals surface area contributed by atoms with Crippen molar-refractivity contribution in [3.05, 3.63) is 29.2 Å². The average molecular weight is 310 g/mol. The summed E-state index contributed by atoms with van der Waals surface area (Å²) in [4.78, 5) is 1.77. The lowest BCUT2D eigenvalue weighted by Gasteiger charge is -2.13. The summed E-state index contributed by atoms with van der Waals surface area (Å²) in [5, 5.41) is 19.8. The van der Waals surface area contributed by atoms with Crippen molar-refractivity contribution in [3.63, 3.8) is 0 Å². The van der Waals surface area contributed by atoms with Crippen molar-refractivity contribution in [3.8, 4) is 17.3 Å². The lowest BCUT2D eigenvalue weighted by atomic mass is 10.1. The van der Waals surface area contributed by atoms with Crippen LogP contribution in [0.15, 0.2) is 12.3 Å². The molecule has 2 rings (SSSR count). The van der Waals surface area contributed by atoms with Crippen LogP contribution in [0.5, 0.6) is 0 Å². The Morgan fingerprint density at radius 1 is 1.32 bits per heavy atom. The summed E-state index contributed by atoms with van der Waals surface area (Å²) >= 11 is 0. The minimum atomic E-state index is -4.60. The smallest absolute Gasteiger partial charge is 0.305 e. The fourth-order valence-electron chi connectivity index (χ4n) is 2.04. The van der Waals surface area contributed by atoms with E-state index in [9.17, 15) is 13.2 Å². The maximum atomic E-state index is 13.1. The van der Waals surface area contributed by atoms with E-state index in [4.69, 9.17) is 5.26 Å². The van der Waals surface area contributed by atoms with E-state index in [0.717, 1.165) is 4.68 Å². The minimum Gasteiger partial charge on any atom is -0.305 e. The molecule has 0 amide bonds. The highest BCUT2D eigenvalue weighted by Gasteiger charge is 2.38. The van der Waals surface area contributed by atoms with Gasteiger partial charge in [-0.05, 0) is 25.7 Å². The van der Waals surface area contributed by atoms with Gasteiger partial charge in [0.15, 0.2) is 11.4 Å². The van der Waals surface area contributed by atoms with Gasteiger partial charge in [-0.15, -0.1) is 10.2 Å². The van der Waals surface area contributed by atoms with Gasteiger partial charge in [0.1, 0.15) is 11.8 Å².